The van der Waals surface area contributed by atoms with E-state index in [1.165, 1.54) is 28.2 Å². The molecule has 0 amide bonds. The zero-order chi connectivity index (χ0) is 15.4. The molecular formula is C19H18FNS. The zero-order valence-corrected chi connectivity index (χ0v) is 13.1. The molecule has 3 heteroatoms. The number of benzene rings is 2. The first-order chi connectivity index (χ1) is 10.8. The van der Waals surface area contributed by atoms with Crippen molar-refractivity contribution in [1.29, 1.82) is 0 Å². The van der Waals surface area contributed by atoms with Gasteiger partial charge in [-0.2, -0.15) is 0 Å². The second kappa shape index (κ2) is 7.00. The maximum absolute atomic E-state index is 12.9. The van der Waals surface area contributed by atoms with Gasteiger partial charge in [-0.1, -0.05) is 30.2 Å². The van der Waals surface area contributed by atoms with Crippen LogP contribution < -0.4 is 5.32 Å². The summed E-state index contributed by atoms with van der Waals surface area (Å²) in [5.74, 6) is 3.32. The third-order valence-corrected chi connectivity index (χ3v) is 5.16. The number of thioether (sulfide) groups is 1. The van der Waals surface area contributed by atoms with Crippen molar-refractivity contribution in [3.05, 3.63) is 65.0 Å². The molecule has 0 saturated carbocycles. The van der Waals surface area contributed by atoms with Crippen molar-refractivity contribution in [3.63, 3.8) is 0 Å². The summed E-state index contributed by atoms with van der Waals surface area (Å²) in [6.07, 6.45) is 7.53. The molecule has 0 bridgehead atoms. The van der Waals surface area contributed by atoms with Crippen LogP contribution in [0.1, 0.15) is 29.2 Å². The van der Waals surface area contributed by atoms with Crippen LogP contribution in [0.25, 0.3) is 0 Å². The van der Waals surface area contributed by atoms with Gasteiger partial charge in [-0.05, 0) is 47.7 Å². The molecule has 22 heavy (non-hydrogen) atoms. The van der Waals surface area contributed by atoms with Crippen LogP contribution in [0.15, 0.2) is 47.4 Å². The van der Waals surface area contributed by atoms with Crippen LogP contribution in [0.4, 0.5) is 4.39 Å². The molecule has 0 aliphatic heterocycles. The summed E-state index contributed by atoms with van der Waals surface area (Å²) in [5, 5.41) is 3.41. The molecular weight excluding hydrogens is 293 g/mol. The van der Waals surface area contributed by atoms with Crippen molar-refractivity contribution in [3.8, 4) is 12.3 Å². The van der Waals surface area contributed by atoms with Crippen LogP contribution in [-0.4, -0.2) is 6.54 Å². The molecule has 1 unspecified atom stereocenters. The van der Waals surface area contributed by atoms with Crippen LogP contribution >= 0.6 is 11.8 Å². The van der Waals surface area contributed by atoms with Crippen molar-refractivity contribution < 1.29 is 4.39 Å². The fraction of sp³-hybridized carbons (Fsp3) is 0.263. The van der Waals surface area contributed by atoms with E-state index in [1.807, 2.05) is 23.9 Å². The van der Waals surface area contributed by atoms with Gasteiger partial charge < -0.3 is 0 Å². The number of fused-ring (bicyclic) bond motifs is 1. The molecule has 0 heterocycles. The summed E-state index contributed by atoms with van der Waals surface area (Å²) in [5.41, 5.74) is 3.95. The first-order valence-corrected chi connectivity index (χ1v) is 8.42. The van der Waals surface area contributed by atoms with E-state index < -0.39 is 0 Å². The molecule has 0 aromatic heterocycles. The first-order valence-electron chi connectivity index (χ1n) is 7.44. The summed E-state index contributed by atoms with van der Waals surface area (Å²) in [6.45, 7) is 0.608. The molecule has 1 nitrogen and oxygen atoms in total. The lowest BCUT2D eigenvalue weighted by Crippen LogP contribution is -2.19. The fourth-order valence-corrected chi connectivity index (χ4v) is 3.98. The Morgan fingerprint density at radius 3 is 2.82 bits per heavy atom. The van der Waals surface area contributed by atoms with E-state index >= 15 is 0 Å². The molecule has 0 fully saturated rings. The zero-order valence-electron chi connectivity index (χ0n) is 12.3. The lowest BCUT2D eigenvalue weighted by molar-refractivity contribution is 0.568. The number of nitrogens with one attached hydrogen (secondary N) is 1. The van der Waals surface area contributed by atoms with E-state index in [1.54, 1.807) is 0 Å². The highest BCUT2D eigenvalue weighted by molar-refractivity contribution is 7.98. The van der Waals surface area contributed by atoms with Gasteiger partial charge in [0.05, 0.1) is 6.54 Å². The monoisotopic (exact) mass is 311 g/mol. The van der Waals surface area contributed by atoms with Crippen LogP contribution in [0, 0.1) is 18.2 Å². The van der Waals surface area contributed by atoms with E-state index in [-0.39, 0.29) is 5.82 Å². The average molecular weight is 311 g/mol. The highest BCUT2D eigenvalue weighted by atomic mass is 32.2. The minimum atomic E-state index is -0.184. The second-order valence-electron chi connectivity index (χ2n) is 5.42. The predicted octanol–water partition coefficient (Wildman–Crippen LogP) is 4.33. The number of hydrogen-bond donors (Lipinski definition) is 1. The quantitative estimate of drug-likeness (QED) is 0.651. The van der Waals surface area contributed by atoms with Gasteiger partial charge in [0.15, 0.2) is 0 Å². The Morgan fingerprint density at radius 2 is 2.05 bits per heavy atom. The first kappa shape index (κ1) is 15.1. The Hall–Kier alpha value is -1.76. The third-order valence-electron chi connectivity index (χ3n) is 3.99. The van der Waals surface area contributed by atoms with Crippen molar-refractivity contribution in [1.82, 2.24) is 5.32 Å². The van der Waals surface area contributed by atoms with E-state index in [2.05, 4.69) is 29.4 Å². The molecule has 2 aromatic rings. The predicted molar refractivity (Wildman–Crippen MR) is 90.3 cm³/mol. The Labute approximate surface area is 135 Å². The second-order valence-corrected chi connectivity index (χ2v) is 6.43. The van der Waals surface area contributed by atoms with Crippen molar-refractivity contribution >= 4 is 11.8 Å². The van der Waals surface area contributed by atoms with Crippen LogP contribution in [0.5, 0.6) is 0 Å². The van der Waals surface area contributed by atoms with E-state index in [0.29, 0.717) is 12.6 Å². The molecule has 1 aliphatic rings. The lowest BCUT2D eigenvalue weighted by atomic mass is 10.1. The van der Waals surface area contributed by atoms with Crippen LogP contribution in [-0.2, 0) is 12.2 Å². The maximum atomic E-state index is 12.9. The molecule has 112 valence electrons. The number of halogens is 1. The van der Waals surface area contributed by atoms with E-state index in [9.17, 15) is 4.39 Å². The van der Waals surface area contributed by atoms with Crippen molar-refractivity contribution in [2.24, 2.45) is 0 Å². The molecule has 1 N–H and O–H groups in total. The Bertz CT molecular complexity index is 688. The minimum Gasteiger partial charge on any atom is -0.299 e. The van der Waals surface area contributed by atoms with Crippen LogP contribution in [0.2, 0.25) is 0 Å². The Morgan fingerprint density at radius 1 is 1.23 bits per heavy atom. The van der Waals surface area contributed by atoms with Gasteiger partial charge in [0.2, 0.25) is 0 Å². The summed E-state index contributed by atoms with van der Waals surface area (Å²) >= 11 is 1.82. The van der Waals surface area contributed by atoms with E-state index in [4.69, 9.17) is 6.42 Å². The lowest BCUT2D eigenvalue weighted by Gasteiger charge is -2.13. The third kappa shape index (κ3) is 3.35. The normalized spacial score (nSPS) is 16.3. The summed E-state index contributed by atoms with van der Waals surface area (Å²) in [4.78, 5) is 1.33. The average Bonchev–Trinajstić information content (AvgIpc) is 2.96. The summed E-state index contributed by atoms with van der Waals surface area (Å²) < 4.78 is 12.9. The van der Waals surface area contributed by atoms with Gasteiger partial charge in [0, 0.05) is 16.7 Å². The molecule has 0 radical (unpaired) electrons. The van der Waals surface area contributed by atoms with Crippen molar-refractivity contribution in [2.45, 2.75) is 29.5 Å². The molecule has 1 aliphatic carbocycles. The van der Waals surface area contributed by atoms with Crippen molar-refractivity contribution in [2.75, 3.05) is 6.54 Å². The molecule has 3 rings (SSSR count). The summed E-state index contributed by atoms with van der Waals surface area (Å²) in [7, 11) is 0. The maximum Gasteiger partial charge on any atom is 0.123 e. The molecule has 0 saturated heterocycles. The SMILES string of the molecule is C#CCNC1CCc2c(SCc3ccc(F)cc3)cccc21. The van der Waals surface area contributed by atoms with Gasteiger partial charge >= 0.3 is 0 Å². The standard InChI is InChI=1S/C19H18FNS/c1-2-12-21-18-11-10-17-16(18)4-3-5-19(17)22-13-14-6-8-15(20)9-7-14/h1,3-9,18,21H,10-13H2. The number of terminal acetylenes is 1. The molecule has 0 spiro atoms. The van der Waals surface area contributed by atoms with Gasteiger partial charge in [0.25, 0.3) is 0 Å². The largest absolute Gasteiger partial charge is 0.299 e. The molecule has 2 aromatic carbocycles. The Kier molecular flexibility index (Phi) is 4.82. The number of rotatable bonds is 5. The highest BCUT2D eigenvalue weighted by Crippen LogP contribution is 2.38. The summed E-state index contributed by atoms with van der Waals surface area (Å²) in [6, 6.07) is 13.6. The number of hydrogen-bond acceptors (Lipinski definition) is 2. The van der Waals surface area contributed by atoms with Gasteiger partial charge in [-0.15, -0.1) is 18.2 Å². The molecule has 1 atom stereocenters. The van der Waals surface area contributed by atoms with E-state index in [0.717, 1.165) is 24.2 Å². The fourth-order valence-electron chi connectivity index (χ4n) is 2.89. The smallest absolute Gasteiger partial charge is 0.123 e. The highest BCUT2D eigenvalue weighted by Gasteiger charge is 2.23. The van der Waals surface area contributed by atoms with Crippen LogP contribution in [0.3, 0.4) is 0 Å². The van der Waals surface area contributed by atoms with Gasteiger partial charge in [-0.25, -0.2) is 4.39 Å². The van der Waals surface area contributed by atoms with Gasteiger partial charge in [0.1, 0.15) is 5.82 Å². The topological polar surface area (TPSA) is 12.0 Å². The Balaban J connectivity index is 1.72. The minimum absolute atomic E-state index is 0.184. The van der Waals surface area contributed by atoms with Gasteiger partial charge in [-0.3, -0.25) is 5.32 Å².